The van der Waals surface area contributed by atoms with E-state index in [0.29, 0.717) is 30.8 Å². The highest BCUT2D eigenvalue weighted by atomic mass is 35.5. The number of nitrogens with one attached hydrogen (secondary N) is 2. The summed E-state index contributed by atoms with van der Waals surface area (Å²) in [5, 5.41) is 8.16. The van der Waals surface area contributed by atoms with Crippen LogP contribution in [0.5, 0.6) is 0 Å². The van der Waals surface area contributed by atoms with Crippen LogP contribution in [0.15, 0.2) is 41.6 Å². The van der Waals surface area contributed by atoms with E-state index in [1.165, 1.54) is 0 Å². The van der Waals surface area contributed by atoms with Crippen molar-refractivity contribution >= 4 is 29.2 Å². The first-order valence-electron chi connectivity index (χ1n) is 11.4. The number of nitrogens with zero attached hydrogens (tertiary/aromatic N) is 1. The molecule has 1 saturated heterocycles. The highest BCUT2D eigenvalue weighted by Crippen LogP contribution is 2.50. The number of piperazine rings is 1. The average molecular weight is 620 g/mol. The number of carbonyl (C=O) groups is 2. The molecule has 0 aliphatic carbocycles. The number of hydrogen-bond acceptors (Lipinski definition) is 6. The lowest BCUT2D eigenvalue weighted by atomic mass is 9.85. The van der Waals surface area contributed by atoms with Gasteiger partial charge in [0, 0.05) is 35.7 Å². The number of rotatable bonds is 3. The Kier molecular flexibility index (Phi) is 9.17. The van der Waals surface area contributed by atoms with Gasteiger partial charge >= 0.3 is 24.5 Å². The second-order valence-corrected chi connectivity index (χ2v) is 9.07. The van der Waals surface area contributed by atoms with Gasteiger partial charge in [-0.25, -0.2) is 4.79 Å². The molecule has 4 rings (SSSR count). The van der Waals surface area contributed by atoms with Crippen molar-refractivity contribution in [2.75, 3.05) is 26.7 Å². The normalized spacial score (nSPS) is 19.4. The Morgan fingerprint density at radius 3 is 2.17 bits per heavy atom. The van der Waals surface area contributed by atoms with Gasteiger partial charge in [0.15, 0.2) is 0 Å². The number of oxime groups is 1. The zero-order valence-corrected chi connectivity index (χ0v) is 21.4. The van der Waals surface area contributed by atoms with Crippen LogP contribution in [0.2, 0.25) is 5.02 Å². The van der Waals surface area contributed by atoms with E-state index < -0.39 is 75.1 Å². The van der Waals surface area contributed by atoms with Gasteiger partial charge in [-0.15, -0.1) is 0 Å². The van der Waals surface area contributed by atoms with E-state index in [0.717, 1.165) is 26.3 Å². The molecule has 0 aromatic heterocycles. The SMILES string of the molecule is COC(=O)c1ccc(C2=NOC(c3cc(Cl)cc(C(F)(F)F)c3)(C(F)(F)F)C2)cc1C(F)(F)F.O=C1CNCCN1. The minimum atomic E-state index is -5.34. The maximum absolute atomic E-state index is 14.1. The Bertz CT molecular complexity index is 1340. The topological polar surface area (TPSA) is 89.0 Å². The summed E-state index contributed by atoms with van der Waals surface area (Å²) in [6, 6.07) is 3.13. The molecular formula is C24H19ClF9N3O4. The van der Waals surface area contributed by atoms with E-state index in [2.05, 4.69) is 25.4 Å². The fourth-order valence-electron chi connectivity index (χ4n) is 3.85. The van der Waals surface area contributed by atoms with Crippen LogP contribution in [0.1, 0.15) is 39.0 Å². The molecule has 2 aromatic carbocycles. The van der Waals surface area contributed by atoms with E-state index >= 15 is 0 Å². The smallest absolute Gasteiger partial charge is 0.435 e. The third-order valence-electron chi connectivity index (χ3n) is 5.85. The first kappa shape index (κ1) is 32.0. The monoisotopic (exact) mass is 619 g/mol. The number of benzene rings is 2. The van der Waals surface area contributed by atoms with Crippen LogP contribution in [0.4, 0.5) is 39.5 Å². The van der Waals surface area contributed by atoms with Gasteiger partial charge in [0.05, 0.1) is 36.1 Å². The van der Waals surface area contributed by atoms with Gasteiger partial charge in [-0.3, -0.25) is 4.79 Å². The van der Waals surface area contributed by atoms with Gasteiger partial charge in [-0.05, 0) is 30.3 Å². The summed E-state index contributed by atoms with van der Waals surface area (Å²) >= 11 is 5.60. The quantitative estimate of drug-likeness (QED) is 0.352. The van der Waals surface area contributed by atoms with E-state index in [-0.39, 0.29) is 12.0 Å². The number of ether oxygens (including phenoxy) is 1. The summed E-state index contributed by atoms with van der Waals surface area (Å²) in [6.07, 6.45) is -16.7. The van der Waals surface area contributed by atoms with Crippen molar-refractivity contribution in [3.05, 3.63) is 69.2 Å². The van der Waals surface area contributed by atoms with Crippen LogP contribution < -0.4 is 10.6 Å². The highest BCUT2D eigenvalue weighted by molar-refractivity contribution is 6.30. The minimum absolute atomic E-state index is 0.103. The van der Waals surface area contributed by atoms with E-state index in [9.17, 15) is 49.1 Å². The summed E-state index contributed by atoms with van der Waals surface area (Å²) in [6.45, 7) is 2.17. The number of carbonyl (C=O) groups excluding carboxylic acids is 2. The molecule has 2 aliphatic heterocycles. The summed E-state index contributed by atoms with van der Waals surface area (Å²) < 4.78 is 126. The maximum atomic E-state index is 14.1. The molecule has 1 unspecified atom stereocenters. The lowest BCUT2D eigenvalue weighted by molar-refractivity contribution is -0.276. The summed E-state index contributed by atoms with van der Waals surface area (Å²) in [7, 11) is 0.836. The molecule has 2 aromatic rings. The van der Waals surface area contributed by atoms with Crippen molar-refractivity contribution in [1.29, 1.82) is 0 Å². The highest BCUT2D eigenvalue weighted by Gasteiger charge is 2.62. The van der Waals surface area contributed by atoms with E-state index in [1.54, 1.807) is 0 Å². The predicted octanol–water partition coefficient (Wildman–Crippen LogP) is 5.45. The molecule has 1 atom stereocenters. The van der Waals surface area contributed by atoms with E-state index in [4.69, 9.17) is 11.6 Å². The lowest BCUT2D eigenvalue weighted by Gasteiger charge is -2.30. The molecule has 0 spiro atoms. The number of halogens is 10. The molecule has 2 N–H and O–H groups in total. The molecule has 224 valence electrons. The summed E-state index contributed by atoms with van der Waals surface area (Å²) in [5.41, 5.74) is -9.53. The number of alkyl halides is 9. The Balaban J connectivity index is 0.000000575. The Labute approximate surface area is 230 Å². The maximum Gasteiger partial charge on any atom is 0.435 e. The fraction of sp³-hybridized carbons (Fsp3) is 0.375. The molecule has 2 heterocycles. The zero-order chi connectivity index (χ0) is 30.8. The standard InChI is InChI=1S/C20H11ClF9NO3.C4H8N2O/c1-33-16(32)13-3-2-9(4-14(13)19(25,26)27)15-8-17(34-31-15,20(28,29)30)10-5-11(18(22,23)24)7-12(21)6-10;7-4-3-5-1-2-6-4/h2-7H,8H2,1H3;5H,1-3H2,(H,6,7). The second-order valence-electron chi connectivity index (χ2n) is 8.63. The van der Waals surface area contributed by atoms with Gasteiger partial charge in [0.25, 0.3) is 5.60 Å². The third kappa shape index (κ3) is 7.22. The molecule has 1 fully saturated rings. The first-order chi connectivity index (χ1) is 18.9. The van der Waals surface area contributed by atoms with Crippen molar-refractivity contribution in [2.45, 2.75) is 30.6 Å². The van der Waals surface area contributed by atoms with Gasteiger partial charge in [0.1, 0.15) is 0 Å². The first-order valence-corrected chi connectivity index (χ1v) is 11.7. The second kappa shape index (κ2) is 11.8. The van der Waals surface area contributed by atoms with Crippen molar-refractivity contribution in [3.8, 4) is 0 Å². The Morgan fingerprint density at radius 1 is 1.00 bits per heavy atom. The molecule has 7 nitrogen and oxygen atoms in total. The summed E-state index contributed by atoms with van der Waals surface area (Å²) in [4.78, 5) is 26.5. The average Bonchev–Trinajstić information content (AvgIpc) is 3.35. The van der Waals surface area contributed by atoms with Crippen LogP contribution in [0, 0.1) is 0 Å². The van der Waals surface area contributed by atoms with Crippen molar-refractivity contribution < 1.29 is 58.7 Å². The molecule has 0 saturated carbocycles. The predicted molar refractivity (Wildman–Crippen MR) is 125 cm³/mol. The van der Waals surface area contributed by atoms with Gasteiger partial charge in [-0.1, -0.05) is 22.8 Å². The fourth-order valence-corrected chi connectivity index (χ4v) is 4.08. The molecule has 0 bridgehead atoms. The van der Waals surface area contributed by atoms with Crippen LogP contribution in [0.25, 0.3) is 0 Å². The van der Waals surface area contributed by atoms with Crippen LogP contribution in [0.3, 0.4) is 0 Å². The van der Waals surface area contributed by atoms with Crippen molar-refractivity contribution in [1.82, 2.24) is 10.6 Å². The zero-order valence-electron chi connectivity index (χ0n) is 20.7. The molecule has 0 radical (unpaired) electrons. The lowest BCUT2D eigenvalue weighted by Crippen LogP contribution is -2.44. The van der Waals surface area contributed by atoms with Crippen molar-refractivity contribution in [2.24, 2.45) is 5.16 Å². The number of amides is 1. The Morgan fingerprint density at radius 2 is 1.68 bits per heavy atom. The van der Waals surface area contributed by atoms with Crippen molar-refractivity contribution in [3.63, 3.8) is 0 Å². The largest absolute Gasteiger partial charge is 0.465 e. The molecule has 17 heteroatoms. The van der Waals surface area contributed by atoms with Crippen LogP contribution in [-0.4, -0.2) is 50.5 Å². The number of methoxy groups -OCH3 is 1. The van der Waals surface area contributed by atoms with Crippen LogP contribution >= 0.6 is 11.6 Å². The van der Waals surface area contributed by atoms with Gasteiger partial charge in [-0.2, -0.15) is 39.5 Å². The summed E-state index contributed by atoms with van der Waals surface area (Å²) in [5.74, 6) is -1.24. The van der Waals surface area contributed by atoms with Gasteiger partial charge < -0.3 is 20.2 Å². The van der Waals surface area contributed by atoms with Crippen LogP contribution in [-0.2, 0) is 32.3 Å². The number of esters is 1. The molecule has 2 aliphatic rings. The molecular weight excluding hydrogens is 601 g/mol. The molecule has 41 heavy (non-hydrogen) atoms. The van der Waals surface area contributed by atoms with Gasteiger partial charge in [0.2, 0.25) is 5.91 Å². The van der Waals surface area contributed by atoms with E-state index in [1.807, 2.05) is 0 Å². The minimum Gasteiger partial charge on any atom is -0.465 e. The third-order valence-corrected chi connectivity index (χ3v) is 6.07. The number of hydrogen-bond donors (Lipinski definition) is 2. The Hall–Kier alpha value is -3.53. The molecule has 1 amide bonds.